The summed E-state index contributed by atoms with van der Waals surface area (Å²) in [6.45, 7) is 2.00. The van der Waals surface area contributed by atoms with Crippen molar-refractivity contribution in [2.45, 2.75) is 6.92 Å². The predicted molar refractivity (Wildman–Crippen MR) is 85.6 cm³/mol. The van der Waals surface area contributed by atoms with Gasteiger partial charge in [-0.2, -0.15) is 0 Å². The molecule has 0 heterocycles. The molecule has 0 spiro atoms. The Hall–Kier alpha value is -1.53. The van der Waals surface area contributed by atoms with E-state index in [2.05, 4.69) is 37.0 Å². The summed E-state index contributed by atoms with van der Waals surface area (Å²) in [7, 11) is 0. The summed E-state index contributed by atoms with van der Waals surface area (Å²) in [5, 5.41) is 11.8. The molecule has 0 amide bonds. The van der Waals surface area contributed by atoms with Crippen LogP contribution >= 0.6 is 31.9 Å². The highest BCUT2D eigenvalue weighted by molar-refractivity contribution is 9.10. The number of aryl methyl sites for hydroxylation is 1. The van der Waals surface area contributed by atoms with E-state index in [4.69, 9.17) is 15.7 Å². The smallest absolute Gasteiger partial charge is 0.173 e. The van der Waals surface area contributed by atoms with E-state index in [1.54, 1.807) is 18.2 Å². The molecule has 2 aromatic rings. The first-order chi connectivity index (χ1) is 9.51. The second-order valence-corrected chi connectivity index (χ2v) is 5.93. The lowest BCUT2D eigenvalue weighted by molar-refractivity contribution is 0.318. The minimum absolute atomic E-state index is 0.00395. The molecule has 0 radical (unpaired) electrons. The molecule has 0 aromatic heterocycles. The third kappa shape index (κ3) is 3.32. The van der Waals surface area contributed by atoms with Crippen molar-refractivity contribution in [1.82, 2.24) is 0 Å². The monoisotopic (exact) mass is 398 g/mol. The van der Waals surface area contributed by atoms with E-state index in [9.17, 15) is 0 Å². The van der Waals surface area contributed by atoms with Gasteiger partial charge in [0.2, 0.25) is 0 Å². The minimum Gasteiger partial charge on any atom is -0.455 e. The van der Waals surface area contributed by atoms with Crippen LogP contribution in [0.4, 0.5) is 0 Å². The van der Waals surface area contributed by atoms with Gasteiger partial charge in [-0.25, -0.2) is 0 Å². The van der Waals surface area contributed by atoms with E-state index in [1.165, 1.54) is 0 Å². The summed E-state index contributed by atoms with van der Waals surface area (Å²) < 4.78 is 7.52. The molecule has 0 saturated heterocycles. The van der Waals surface area contributed by atoms with Crippen LogP contribution in [0.1, 0.15) is 11.1 Å². The van der Waals surface area contributed by atoms with E-state index in [0.717, 1.165) is 14.5 Å². The molecule has 0 unspecified atom stereocenters. The van der Waals surface area contributed by atoms with E-state index in [0.29, 0.717) is 17.1 Å². The van der Waals surface area contributed by atoms with Gasteiger partial charge in [-0.15, -0.1) is 0 Å². The molecular formula is C14H12Br2N2O2. The first-order valence-electron chi connectivity index (χ1n) is 5.72. The molecule has 4 nitrogen and oxygen atoms in total. The fourth-order valence-corrected chi connectivity index (χ4v) is 2.57. The molecule has 0 atom stereocenters. The SMILES string of the molecule is Cc1ccc(Oc2cc(Br)ccc2/C(N)=N/O)c(Br)c1. The number of rotatable bonds is 3. The van der Waals surface area contributed by atoms with Gasteiger partial charge >= 0.3 is 0 Å². The molecule has 3 N–H and O–H groups in total. The van der Waals surface area contributed by atoms with Crippen LogP contribution in [-0.2, 0) is 0 Å². The van der Waals surface area contributed by atoms with Crippen molar-refractivity contribution in [2.75, 3.05) is 0 Å². The maximum atomic E-state index is 8.83. The number of amidine groups is 1. The Kier molecular flexibility index (Phi) is 4.67. The molecule has 0 bridgehead atoms. The Labute approximate surface area is 133 Å². The molecule has 0 aliphatic rings. The van der Waals surface area contributed by atoms with Gasteiger partial charge in [-0.1, -0.05) is 27.2 Å². The summed E-state index contributed by atoms with van der Waals surface area (Å²) in [5.41, 5.74) is 7.29. The van der Waals surface area contributed by atoms with Crippen LogP contribution in [0.5, 0.6) is 11.5 Å². The number of hydrogen-bond donors (Lipinski definition) is 2. The minimum atomic E-state index is -0.00395. The summed E-state index contributed by atoms with van der Waals surface area (Å²) in [5.74, 6) is 1.15. The Morgan fingerprint density at radius 2 is 1.90 bits per heavy atom. The average Bonchev–Trinajstić information content (AvgIpc) is 2.41. The third-order valence-electron chi connectivity index (χ3n) is 2.63. The van der Waals surface area contributed by atoms with Crippen LogP contribution in [0.15, 0.2) is 50.5 Å². The highest BCUT2D eigenvalue weighted by atomic mass is 79.9. The van der Waals surface area contributed by atoms with Crippen molar-refractivity contribution >= 4 is 37.7 Å². The fraction of sp³-hybridized carbons (Fsp3) is 0.0714. The van der Waals surface area contributed by atoms with Crippen LogP contribution in [-0.4, -0.2) is 11.0 Å². The first-order valence-corrected chi connectivity index (χ1v) is 7.31. The number of ether oxygens (including phenoxy) is 1. The summed E-state index contributed by atoms with van der Waals surface area (Å²) in [6.07, 6.45) is 0. The normalized spacial score (nSPS) is 11.4. The van der Waals surface area contributed by atoms with Crippen LogP contribution in [0.3, 0.4) is 0 Å². The number of hydrogen-bond acceptors (Lipinski definition) is 3. The predicted octanol–water partition coefficient (Wildman–Crippen LogP) is 4.41. The zero-order valence-corrected chi connectivity index (χ0v) is 13.8. The van der Waals surface area contributed by atoms with E-state index in [1.807, 2.05) is 25.1 Å². The Morgan fingerprint density at radius 1 is 1.15 bits per heavy atom. The first kappa shape index (κ1) is 14.9. The largest absolute Gasteiger partial charge is 0.455 e. The van der Waals surface area contributed by atoms with Crippen LogP contribution in [0.2, 0.25) is 0 Å². The molecule has 0 aliphatic carbocycles. The number of halogens is 2. The fourth-order valence-electron chi connectivity index (χ4n) is 1.65. The maximum Gasteiger partial charge on any atom is 0.173 e. The molecule has 0 aliphatic heterocycles. The second kappa shape index (κ2) is 6.28. The zero-order valence-electron chi connectivity index (χ0n) is 10.6. The third-order valence-corrected chi connectivity index (χ3v) is 3.75. The average molecular weight is 400 g/mol. The number of benzene rings is 2. The topological polar surface area (TPSA) is 67.8 Å². The summed E-state index contributed by atoms with van der Waals surface area (Å²) >= 11 is 6.83. The number of oxime groups is 1. The van der Waals surface area contributed by atoms with E-state index >= 15 is 0 Å². The molecule has 2 aromatic carbocycles. The lowest BCUT2D eigenvalue weighted by Crippen LogP contribution is -2.14. The Balaban J connectivity index is 2.44. The van der Waals surface area contributed by atoms with Gasteiger partial charge in [0.1, 0.15) is 11.5 Å². The highest BCUT2D eigenvalue weighted by Crippen LogP contribution is 2.33. The molecule has 0 fully saturated rings. The molecule has 6 heteroatoms. The quantitative estimate of drug-likeness (QED) is 0.347. The summed E-state index contributed by atoms with van der Waals surface area (Å²) in [6, 6.07) is 11.0. The van der Waals surface area contributed by atoms with Crippen molar-refractivity contribution in [2.24, 2.45) is 10.9 Å². The van der Waals surface area contributed by atoms with Gasteiger partial charge in [0.05, 0.1) is 10.0 Å². The molecule has 20 heavy (non-hydrogen) atoms. The molecule has 2 rings (SSSR count). The van der Waals surface area contributed by atoms with Crippen molar-refractivity contribution in [3.05, 3.63) is 56.5 Å². The van der Waals surface area contributed by atoms with Crippen LogP contribution in [0.25, 0.3) is 0 Å². The van der Waals surface area contributed by atoms with Gasteiger partial charge in [0.25, 0.3) is 0 Å². The van der Waals surface area contributed by atoms with E-state index < -0.39 is 0 Å². The second-order valence-electron chi connectivity index (χ2n) is 4.16. The number of nitrogens with two attached hydrogens (primary N) is 1. The standard InChI is InChI=1S/C14H12Br2N2O2/c1-8-2-5-12(11(16)6-8)20-13-7-9(15)3-4-10(13)14(17)18-19/h2-7,19H,1H3,(H2,17,18). The van der Waals surface area contributed by atoms with Crippen LogP contribution in [0, 0.1) is 6.92 Å². The van der Waals surface area contributed by atoms with Gasteiger partial charge in [0.15, 0.2) is 5.84 Å². The lowest BCUT2D eigenvalue weighted by Gasteiger charge is -2.12. The van der Waals surface area contributed by atoms with Crippen molar-refractivity contribution < 1.29 is 9.94 Å². The Morgan fingerprint density at radius 3 is 2.55 bits per heavy atom. The van der Waals surface area contributed by atoms with Gasteiger partial charge in [0, 0.05) is 4.47 Å². The zero-order chi connectivity index (χ0) is 14.7. The number of nitrogens with zero attached hydrogens (tertiary/aromatic N) is 1. The van der Waals surface area contributed by atoms with Gasteiger partial charge in [-0.3, -0.25) is 0 Å². The molecule has 104 valence electrons. The molecular weight excluding hydrogens is 388 g/mol. The lowest BCUT2D eigenvalue weighted by atomic mass is 10.2. The van der Waals surface area contributed by atoms with Crippen molar-refractivity contribution in [1.29, 1.82) is 0 Å². The van der Waals surface area contributed by atoms with E-state index in [-0.39, 0.29) is 5.84 Å². The van der Waals surface area contributed by atoms with Crippen molar-refractivity contribution in [3.8, 4) is 11.5 Å². The van der Waals surface area contributed by atoms with Gasteiger partial charge in [-0.05, 0) is 58.7 Å². The molecule has 0 saturated carbocycles. The Bertz CT molecular complexity index is 672. The highest BCUT2D eigenvalue weighted by Gasteiger charge is 2.11. The summed E-state index contributed by atoms with van der Waals surface area (Å²) in [4.78, 5) is 0. The maximum absolute atomic E-state index is 8.83. The van der Waals surface area contributed by atoms with Crippen LogP contribution < -0.4 is 10.5 Å². The van der Waals surface area contributed by atoms with Crippen molar-refractivity contribution in [3.63, 3.8) is 0 Å². The van der Waals surface area contributed by atoms with Gasteiger partial charge < -0.3 is 15.7 Å².